The Labute approximate surface area is 423 Å². The largest absolute Gasteiger partial charge is 0.462 e. The molecule has 0 spiro atoms. The Kier molecular flexibility index (Phi) is 56.8. The lowest BCUT2D eigenvalue weighted by Crippen LogP contribution is -2.28. The molecule has 396 valence electrons. The van der Waals surface area contributed by atoms with Crippen molar-refractivity contribution in [3.63, 3.8) is 0 Å². The number of hydrogen-bond acceptors (Lipinski definition) is 5. The van der Waals surface area contributed by atoms with Gasteiger partial charge in [0.15, 0.2) is 6.10 Å². The first-order valence-corrected chi connectivity index (χ1v) is 29.8. The van der Waals surface area contributed by atoms with E-state index >= 15 is 0 Å². The van der Waals surface area contributed by atoms with E-state index in [2.05, 4.69) is 74.6 Å². The van der Waals surface area contributed by atoms with E-state index in [1.807, 2.05) is 0 Å². The van der Waals surface area contributed by atoms with Gasteiger partial charge in [-0.25, -0.2) is 0 Å². The lowest BCUT2D eigenvalue weighted by atomic mass is 10.0. The molecule has 0 radical (unpaired) electrons. The van der Waals surface area contributed by atoms with Crippen molar-refractivity contribution < 1.29 is 24.2 Å². The quantitative estimate of drug-likeness (QED) is 0.0374. The van der Waals surface area contributed by atoms with Crippen LogP contribution in [0.5, 0.6) is 0 Å². The number of unbranched alkanes of at least 4 members (excludes halogenated alkanes) is 37. The third-order valence-electron chi connectivity index (χ3n) is 13.3. The predicted octanol–water partition coefficient (Wildman–Crippen LogP) is 20.2. The zero-order valence-electron chi connectivity index (χ0n) is 45.4. The molecule has 68 heavy (non-hydrogen) atoms. The summed E-state index contributed by atoms with van der Waals surface area (Å²) in [6, 6.07) is 0. The smallest absolute Gasteiger partial charge is 0.306 e. The minimum atomic E-state index is -0.776. The Morgan fingerprint density at radius 3 is 0.882 bits per heavy atom. The van der Waals surface area contributed by atoms with Crippen LogP contribution in [0.1, 0.15) is 309 Å². The molecule has 0 saturated carbocycles. The van der Waals surface area contributed by atoms with E-state index < -0.39 is 6.10 Å². The first-order valence-electron chi connectivity index (χ1n) is 29.8. The standard InChI is InChI=1S/C63H114O5/c1-3-5-7-9-11-13-15-17-19-21-23-25-27-29-30-31-32-34-35-37-39-41-43-45-47-49-51-53-55-57-62(65)67-60-61(59-64)68-63(66)58-56-54-52-50-48-46-44-42-40-38-36-33-28-26-24-22-20-18-16-14-12-10-8-6-4-2/h15-18,21-24,28,33,61,64H,3-14,19-20,25-27,29-32,34-60H2,1-2H3/b17-15-,18-16-,23-21-,24-22-,33-28-. The maximum absolute atomic E-state index is 12.3. The van der Waals surface area contributed by atoms with Crippen molar-refractivity contribution in [2.75, 3.05) is 13.2 Å². The Morgan fingerprint density at radius 2 is 0.588 bits per heavy atom. The third kappa shape index (κ3) is 56.2. The van der Waals surface area contributed by atoms with Gasteiger partial charge in [0.25, 0.3) is 0 Å². The van der Waals surface area contributed by atoms with E-state index in [9.17, 15) is 14.7 Å². The molecule has 1 N–H and O–H groups in total. The lowest BCUT2D eigenvalue weighted by molar-refractivity contribution is -0.161. The summed E-state index contributed by atoms with van der Waals surface area (Å²) in [5.74, 6) is -0.583. The summed E-state index contributed by atoms with van der Waals surface area (Å²) < 4.78 is 10.7. The van der Waals surface area contributed by atoms with E-state index in [0.717, 1.165) is 57.8 Å². The van der Waals surface area contributed by atoms with Gasteiger partial charge in [-0.1, -0.05) is 274 Å². The molecule has 0 aromatic heterocycles. The summed E-state index contributed by atoms with van der Waals surface area (Å²) in [5, 5.41) is 9.66. The van der Waals surface area contributed by atoms with E-state index in [0.29, 0.717) is 12.8 Å². The van der Waals surface area contributed by atoms with Crippen molar-refractivity contribution in [3.8, 4) is 0 Å². The summed E-state index contributed by atoms with van der Waals surface area (Å²) in [7, 11) is 0. The Balaban J connectivity index is 3.46. The molecule has 0 saturated heterocycles. The molecule has 0 rings (SSSR count). The van der Waals surface area contributed by atoms with Gasteiger partial charge in [0.2, 0.25) is 0 Å². The van der Waals surface area contributed by atoms with Gasteiger partial charge in [-0.15, -0.1) is 0 Å². The number of ether oxygens (including phenoxy) is 2. The number of esters is 2. The van der Waals surface area contributed by atoms with Crippen molar-refractivity contribution in [3.05, 3.63) is 60.8 Å². The van der Waals surface area contributed by atoms with Crippen molar-refractivity contribution in [1.82, 2.24) is 0 Å². The van der Waals surface area contributed by atoms with Crippen molar-refractivity contribution in [2.24, 2.45) is 0 Å². The van der Waals surface area contributed by atoms with E-state index in [-0.39, 0.29) is 25.2 Å². The first kappa shape index (κ1) is 65.6. The normalized spacial score (nSPS) is 12.6. The molecule has 0 aliphatic carbocycles. The van der Waals surface area contributed by atoms with Crippen LogP contribution in [0.15, 0.2) is 60.8 Å². The third-order valence-corrected chi connectivity index (χ3v) is 13.3. The highest BCUT2D eigenvalue weighted by Gasteiger charge is 2.16. The van der Waals surface area contributed by atoms with E-state index in [4.69, 9.17) is 9.47 Å². The zero-order valence-corrected chi connectivity index (χ0v) is 45.4. The fourth-order valence-electron chi connectivity index (χ4n) is 8.77. The van der Waals surface area contributed by atoms with Crippen LogP contribution in [0.4, 0.5) is 0 Å². The highest BCUT2D eigenvalue weighted by molar-refractivity contribution is 5.70. The molecule has 0 aliphatic heterocycles. The van der Waals surface area contributed by atoms with Gasteiger partial charge in [-0.05, 0) is 83.5 Å². The molecule has 0 heterocycles. The fraction of sp³-hybridized carbons (Fsp3) is 0.810. The molecule has 1 atom stereocenters. The highest BCUT2D eigenvalue weighted by Crippen LogP contribution is 2.17. The first-order chi connectivity index (χ1) is 33.6. The molecule has 0 bridgehead atoms. The molecule has 5 nitrogen and oxygen atoms in total. The Bertz CT molecular complexity index is 1170. The second kappa shape index (κ2) is 58.9. The van der Waals surface area contributed by atoms with Crippen LogP contribution in [-0.4, -0.2) is 36.4 Å². The molecule has 0 aliphatic rings. The molecule has 0 amide bonds. The fourth-order valence-corrected chi connectivity index (χ4v) is 8.77. The van der Waals surface area contributed by atoms with Crippen LogP contribution in [0, 0.1) is 0 Å². The SMILES string of the molecule is CCCCCCC/C=C\C/C=C\C/C=C\CCCCCCCCCCCCC(=O)OC(CO)COC(=O)CCCCCCCCCCCCCCCCCCC/C=C\C/C=C\CCCCCCC. The maximum Gasteiger partial charge on any atom is 0.306 e. The number of carbonyl (C=O) groups is 2. The Hall–Kier alpha value is -2.40. The van der Waals surface area contributed by atoms with E-state index in [1.165, 1.54) is 225 Å². The average molecular weight is 952 g/mol. The van der Waals surface area contributed by atoms with Gasteiger partial charge in [-0.3, -0.25) is 9.59 Å². The summed E-state index contributed by atoms with van der Waals surface area (Å²) in [6.45, 7) is 4.15. The highest BCUT2D eigenvalue weighted by atomic mass is 16.6. The minimum absolute atomic E-state index is 0.0662. The number of carbonyl (C=O) groups excluding carboxylic acids is 2. The molecular formula is C63H114O5. The van der Waals surface area contributed by atoms with Gasteiger partial charge in [0.1, 0.15) is 6.61 Å². The number of aliphatic hydroxyl groups is 1. The van der Waals surface area contributed by atoms with Crippen molar-refractivity contribution in [2.45, 2.75) is 315 Å². The second-order valence-corrected chi connectivity index (χ2v) is 20.1. The topological polar surface area (TPSA) is 72.8 Å². The van der Waals surface area contributed by atoms with Crippen LogP contribution in [0.2, 0.25) is 0 Å². The van der Waals surface area contributed by atoms with Crippen LogP contribution in [-0.2, 0) is 19.1 Å². The zero-order chi connectivity index (χ0) is 49.2. The van der Waals surface area contributed by atoms with Gasteiger partial charge in [0.05, 0.1) is 6.61 Å². The van der Waals surface area contributed by atoms with Crippen LogP contribution >= 0.6 is 0 Å². The van der Waals surface area contributed by atoms with Crippen LogP contribution < -0.4 is 0 Å². The average Bonchev–Trinajstić information content (AvgIpc) is 3.34. The summed E-state index contributed by atoms with van der Waals surface area (Å²) in [5.41, 5.74) is 0. The predicted molar refractivity (Wildman–Crippen MR) is 297 cm³/mol. The number of aliphatic hydroxyl groups excluding tert-OH is 1. The monoisotopic (exact) mass is 951 g/mol. The number of allylic oxidation sites excluding steroid dienone is 10. The Morgan fingerprint density at radius 1 is 0.338 bits per heavy atom. The summed E-state index contributed by atoms with van der Waals surface area (Å²) in [4.78, 5) is 24.6. The van der Waals surface area contributed by atoms with Crippen LogP contribution in [0.25, 0.3) is 0 Å². The van der Waals surface area contributed by atoms with E-state index in [1.54, 1.807) is 0 Å². The van der Waals surface area contributed by atoms with Gasteiger partial charge in [0, 0.05) is 12.8 Å². The molecule has 0 aromatic rings. The molecule has 1 unspecified atom stereocenters. The van der Waals surface area contributed by atoms with Gasteiger partial charge in [-0.2, -0.15) is 0 Å². The van der Waals surface area contributed by atoms with Gasteiger partial charge < -0.3 is 14.6 Å². The van der Waals surface area contributed by atoms with Crippen LogP contribution in [0.3, 0.4) is 0 Å². The lowest BCUT2D eigenvalue weighted by Gasteiger charge is -2.15. The minimum Gasteiger partial charge on any atom is -0.462 e. The molecule has 0 fully saturated rings. The van der Waals surface area contributed by atoms with Gasteiger partial charge >= 0.3 is 11.9 Å². The molecule has 0 aromatic carbocycles. The van der Waals surface area contributed by atoms with Crippen molar-refractivity contribution >= 4 is 11.9 Å². The maximum atomic E-state index is 12.3. The number of hydrogen-bond donors (Lipinski definition) is 1. The summed E-state index contributed by atoms with van der Waals surface area (Å²) in [6.07, 6.45) is 79.2. The summed E-state index contributed by atoms with van der Waals surface area (Å²) >= 11 is 0. The van der Waals surface area contributed by atoms with Crippen molar-refractivity contribution in [1.29, 1.82) is 0 Å². The second-order valence-electron chi connectivity index (χ2n) is 20.1. The molecule has 5 heteroatoms. The molecular weight excluding hydrogens is 837 g/mol. The number of rotatable bonds is 55.